The average Bonchev–Trinajstić information content (AvgIpc) is 3.04. The van der Waals surface area contributed by atoms with Crippen LogP contribution in [0.4, 0.5) is 0 Å². The largest absolute Gasteiger partial charge is 0.464 e. The lowest BCUT2D eigenvalue weighted by molar-refractivity contribution is -0.147. The van der Waals surface area contributed by atoms with Crippen molar-refractivity contribution in [3.8, 4) is 0 Å². The lowest BCUT2D eigenvalue weighted by atomic mass is 10.2. The van der Waals surface area contributed by atoms with Crippen LogP contribution in [-0.4, -0.2) is 50.2 Å². The van der Waals surface area contributed by atoms with Crippen molar-refractivity contribution in [1.82, 2.24) is 10.6 Å². The van der Waals surface area contributed by atoms with Crippen LogP contribution in [0.25, 0.3) is 0 Å². The van der Waals surface area contributed by atoms with Crippen LogP contribution in [0.2, 0.25) is 0 Å². The molecule has 1 atom stereocenters. The van der Waals surface area contributed by atoms with Gasteiger partial charge in [-0.1, -0.05) is 6.07 Å². The summed E-state index contributed by atoms with van der Waals surface area (Å²) in [5, 5.41) is 6.87. The quantitative estimate of drug-likeness (QED) is 0.488. The van der Waals surface area contributed by atoms with Crippen LogP contribution in [0.3, 0.4) is 0 Å². The number of hydrogen-bond acceptors (Lipinski definition) is 6. The molecule has 0 aliphatic rings. The Morgan fingerprint density at radius 2 is 2.09 bits per heavy atom. The van der Waals surface area contributed by atoms with E-state index in [-0.39, 0.29) is 25.0 Å². The molecule has 2 amide bonds. The molecular formula is C15H22N2O5S. The van der Waals surface area contributed by atoms with Crippen molar-refractivity contribution in [2.45, 2.75) is 26.3 Å². The van der Waals surface area contributed by atoms with E-state index in [9.17, 15) is 14.4 Å². The molecule has 1 aromatic rings. The van der Waals surface area contributed by atoms with Gasteiger partial charge in [-0.05, 0) is 18.4 Å². The second-order valence-electron chi connectivity index (χ2n) is 4.66. The van der Waals surface area contributed by atoms with Crippen LogP contribution >= 0.6 is 11.3 Å². The number of nitrogens with one attached hydrogen (secondary N) is 2. The van der Waals surface area contributed by atoms with Crippen LogP contribution in [0.1, 0.15) is 29.9 Å². The highest BCUT2D eigenvalue weighted by Gasteiger charge is 2.22. The van der Waals surface area contributed by atoms with E-state index in [1.54, 1.807) is 17.5 Å². The number of thiophene rings is 1. The molecule has 0 aliphatic heterocycles. The lowest BCUT2D eigenvalue weighted by Gasteiger charge is -2.17. The summed E-state index contributed by atoms with van der Waals surface area (Å²) in [6.45, 7) is 4.47. The van der Waals surface area contributed by atoms with Gasteiger partial charge >= 0.3 is 5.97 Å². The summed E-state index contributed by atoms with van der Waals surface area (Å²) in [4.78, 5) is 35.6. The van der Waals surface area contributed by atoms with Gasteiger partial charge in [-0.2, -0.15) is 0 Å². The lowest BCUT2D eigenvalue weighted by Crippen LogP contribution is -2.48. The summed E-state index contributed by atoms with van der Waals surface area (Å²) in [7, 11) is 0. The summed E-state index contributed by atoms with van der Waals surface area (Å²) in [6, 6.07) is 2.53. The molecule has 0 saturated heterocycles. The molecule has 0 aliphatic carbocycles. The van der Waals surface area contributed by atoms with Gasteiger partial charge in [-0.15, -0.1) is 11.3 Å². The molecule has 0 spiro atoms. The maximum atomic E-state index is 12.0. The highest BCUT2D eigenvalue weighted by atomic mass is 32.1. The van der Waals surface area contributed by atoms with E-state index >= 15 is 0 Å². The van der Waals surface area contributed by atoms with E-state index in [1.807, 2.05) is 6.92 Å². The van der Waals surface area contributed by atoms with Crippen molar-refractivity contribution in [2.75, 3.05) is 26.4 Å². The van der Waals surface area contributed by atoms with E-state index in [1.165, 1.54) is 18.3 Å². The molecule has 0 radical (unpaired) electrons. The molecule has 0 saturated carbocycles. The third kappa shape index (κ3) is 7.75. The Kier molecular flexibility index (Phi) is 8.93. The number of esters is 1. The Labute approximate surface area is 139 Å². The van der Waals surface area contributed by atoms with Crippen molar-refractivity contribution in [3.63, 3.8) is 0 Å². The van der Waals surface area contributed by atoms with E-state index < -0.39 is 12.0 Å². The number of carbonyl (C=O) groups is 3. The summed E-state index contributed by atoms with van der Waals surface area (Å²) >= 11 is 1.30. The first-order chi connectivity index (χ1) is 11.0. The number of carbonyl (C=O) groups excluding carboxylic acids is 3. The van der Waals surface area contributed by atoms with Crippen LogP contribution in [0.15, 0.2) is 17.5 Å². The molecule has 0 fully saturated rings. The Morgan fingerprint density at radius 3 is 2.70 bits per heavy atom. The minimum atomic E-state index is -0.913. The minimum absolute atomic E-state index is 0.0272. The summed E-state index contributed by atoms with van der Waals surface area (Å²) in [5.41, 5.74) is 0. The highest BCUT2D eigenvalue weighted by molar-refractivity contribution is 7.12. The minimum Gasteiger partial charge on any atom is -0.464 e. The maximum absolute atomic E-state index is 12.0. The van der Waals surface area contributed by atoms with E-state index in [0.29, 0.717) is 24.5 Å². The van der Waals surface area contributed by atoms with Gasteiger partial charge in [0.15, 0.2) is 0 Å². The molecule has 7 nitrogen and oxygen atoms in total. The van der Waals surface area contributed by atoms with Crippen molar-refractivity contribution in [2.24, 2.45) is 0 Å². The number of amides is 2. The molecule has 1 unspecified atom stereocenters. The SMILES string of the molecule is CCOCCCOC(=O)C(CNC(=O)c1cccs1)NC(C)=O. The van der Waals surface area contributed by atoms with Gasteiger partial charge in [0.1, 0.15) is 6.04 Å². The third-order valence-corrected chi connectivity index (χ3v) is 3.62. The Morgan fingerprint density at radius 1 is 1.30 bits per heavy atom. The topological polar surface area (TPSA) is 93.7 Å². The molecule has 1 rings (SSSR count). The highest BCUT2D eigenvalue weighted by Crippen LogP contribution is 2.07. The van der Waals surface area contributed by atoms with E-state index in [0.717, 1.165) is 0 Å². The van der Waals surface area contributed by atoms with Crippen molar-refractivity contribution >= 4 is 29.1 Å². The molecular weight excluding hydrogens is 320 g/mol. The van der Waals surface area contributed by atoms with Gasteiger partial charge in [-0.25, -0.2) is 4.79 Å². The van der Waals surface area contributed by atoms with Crippen LogP contribution in [-0.2, 0) is 19.1 Å². The maximum Gasteiger partial charge on any atom is 0.330 e. The first-order valence-corrected chi connectivity index (χ1v) is 8.25. The fourth-order valence-electron chi connectivity index (χ4n) is 1.71. The molecule has 23 heavy (non-hydrogen) atoms. The van der Waals surface area contributed by atoms with Gasteiger partial charge in [0, 0.05) is 33.1 Å². The molecule has 0 bridgehead atoms. The molecule has 1 heterocycles. The second-order valence-corrected chi connectivity index (χ2v) is 5.61. The predicted octanol–water partition coefficient (Wildman–Crippen LogP) is 0.952. The van der Waals surface area contributed by atoms with E-state index in [4.69, 9.17) is 9.47 Å². The van der Waals surface area contributed by atoms with Crippen molar-refractivity contribution < 1.29 is 23.9 Å². The number of ether oxygens (including phenoxy) is 2. The molecule has 8 heteroatoms. The van der Waals surface area contributed by atoms with Crippen LogP contribution in [0, 0.1) is 0 Å². The molecule has 0 aromatic carbocycles. The first-order valence-electron chi connectivity index (χ1n) is 7.37. The summed E-state index contributed by atoms with van der Waals surface area (Å²) in [6.07, 6.45) is 0.577. The first kappa shape index (κ1) is 19.1. The Hall–Kier alpha value is -1.93. The third-order valence-electron chi connectivity index (χ3n) is 2.76. The monoisotopic (exact) mass is 342 g/mol. The molecule has 1 aromatic heterocycles. The summed E-state index contributed by atoms with van der Waals surface area (Å²) < 4.78 is 10.2. The Bertz CT molecular complexity index is 504. The van der Waals surface area contributed by atoms with Crippen LogP contribution < -0.4 is 10.6 Å². The summed E-state index contributed by atoms with van der Waals surface area (Å²) in [5.74, 6) is -1.24. The van der Waals surface area contributed by atoms with Gasteiger partial charge in [0.05, 0.1) is 11.5 Å². The van der Waals surface area contributed by atoms with E-state index in [2.05, 4.69) is 10.6 Å². The zero-order chi connectivity index (χ0) is 17.1. The van der Waals surface area contributed by atoms with Gasteiger partial charge in [0.25, 0.3) is 5.91 Å². The van der Waals surface area contributed by atoms with Crippen LogP contribution in [0.5, 0.6) is 0 Å². The fourth-order valence-corrected chi connectivity index (χ4v) is 2.35. The normalized spacial score (nSPS) is 11.6. The standard InChI is InChI=1S/C15H22N2O5S/c1-3-21-7-5-8-22-15(20)12(17-11(2)18)10-16-14(19)13-6-4-9-23-13/h4,6,9,12H,3,5,7-8,10H2,1-2H3,(H,16,19)(H,17,18). The smallest absolute Gasteiger partial charge is 0.330 e. The van der Waals surface area contributed by atoms with Crippen molar-refractivity contribution in [1.29, 1.82) is 0 Å². The second kappa shape index (κ2) is 10.7. The van der Waals surface area contributed by atoms with Gasteiger partial charge in [-0.3, -0.25) is 9.59 Å². The number of hydrogen-bond donors (Lipinski definition) is 2. The predicted molar refractivity (Wildman–Crippen MR) is 86.3 cm³/mol. The van der Waals surface area contributed by atoms with Gasteiger partial charge < -0.3 is 20.1 Å². The molecule has 128 valence electrons. The molecule has 2 N–H and O–H groups in total. The van der Waals surface area contributed by atoms with Gasteiger partial charge in [0.2, 0.25) is 5.91 Å². The zero-order valence-corrected chi connectivity index (χ0v) is 14.1. The average molecular weight is 342 g/mol. The zero-order valence-electron chi connectivity index (χ0n) is 13.3. The van der Waals surface area contributed by atoms with Crippen molar-refractivity contribution in [3.05, 3.63) is 22.4 Å². The fraction of sp³-hybridized carbons (Fsp3) is 0.533. The Balaban J connectivity index is 2.43. The number of rotatable bonds is 10.